The fourth-order valence-electron chi connectivity index (χ4n) is 3.94. The number of halogens is 1. The first-order valence-electron chi connectivity index (χ1n) is 11.2. The summed E-state index contributed by atoms with van der Waals surface area (Å²) in [5.74, 6) is 3.55. The molecule has 0 N–H and O–H groups in total. The van der Waals surface area contributed by atoms with E-state index in [4.69, 9.17) is 30.1 Å². The monoisotopic (exact) mass is 496 g/mol. The molecule has 1 aliphatic heterocycles. The van der Waals surface area contributed by atoms with Gasteiger partial charge in [-0.05, 0) is 36.4 Å². The predicted molar refractivity (Wildman–Crippen MR) is 128 cm³/mol. The lowest BCUT2D eigenvalue weighted by Crippen LogP contribution is -2.45. The van der Waals surface area contributed by atoms with Gasteiger partial charge in [-0.2, -0.15) is 9.97 Å². The molecule has 182 valence electrons. The molecule has 0 unspecified atom stereocenters. The molecule has 1 aliphatic rings. The molecule has 10 nitrogen and oxygen atoms in total. The Balaban J connectivity index is 1.14. The summed E-state index contributed by atoms with van der Waals surface area (Å²) in [6.45, 7) is 4.65. The molecule has 5 rings (SSSR count). The van der Waals surface area contributed by atoms with Crippen LogP contribution in [-0.2, 0) is 13.1 Å². The third-order valence-electron chi connectivity index (χ3n) is 5.87. The lowest BCUT2D eigenvalue weighted by atomic mass is 10.2. The van der Waals surface area contributed by atoms with Crippen molar-refractivity contribution in [2.75, 3.05) is 40.4 Å². The normalized spacial score (nSPS) is 14.8. The van der Waals surface area contributed by atoms with E-state index in [2.05, 4.69) is 30.1 Å². The number of rotatable bonds is 8. The van der Waals surface area contributed by atoms with Gasteiger partial charge >= 0.3 is 0 Å². The molecule has 35 heavy (non-hydrogen) atoms. The highest BCUT2D eigenvalue weighted by Gasteiger charge is 2.22. The first kappa shape index (κ1) is 23.3. The third kappa shape index (κ3) is 5.45. The highest BCUT2D eigenvalue weighted by Crippen LogP contribution is 2.31. The Morgan fingerprint density at radius 3 is 2.00 bits per heavy atom. The van der Waals surface area contributed by atoms with Crippen LogP contribution in [0.15, 0.2) is 51.5 Å². The molecule has 2 aromatic carbocycles. The van der Waals surface area contributed by atoms with Crippen LogP contribution in [0.3, 0.4) is 0 Å². The summed E-state index contributed by atoms with van der Waals surface area (Å²) < 4.78 is 21.7. The topological polar surface area (TPSA) is 103 Å². The smallest absolute Gasteiger partial charge is 0.241 e. The Labute approximate surface area is 207 Å². The molecule has 2 aromatic heterocycles. The van der Waals surface area contributed by atoms with Gasteiger partial charge < -0.3 is 18.5 Å². The summed E-state index contributed by atoms with van der Waals surface area (Å²) in [6, 6.07) is 12.9. The van der Waals surface area contributed by atoms with Crippen molar-refractivity contribution < 1.29 is 18.5 Å². The van der Waals surface area contributed by atoms with Crippen molar-refractivity contribution in [1.29, 1.82) is 0 Å². The fraction of sp³-hybridized carbons (Fsp3) is 0.333. The minimum Gasteiger partial charge on any atom is -0.497 e. The summed E-state index contributed by atoms with van der Waals surface area (Å²) in [5.41, 5.74) is 1.63. The van der Waals surface area contributed by atoms with E-state index < -0.39 is 0 Å². The highest BCUT2D eigenvalue weighted by molar-refractivity contribution is 6.30. The average Bonchev–Trinajstić information content (AvgIpc) is 3.55. The molecule has 0 aliphatic carbocycles. The molecule has 11 heteroatoms. The van der Waals surface area contributed by atoms with Crippen LogP contribution >= 0.6 is 11.6 Å². The van der Waals surface area contributed by atoms with E-state index in [-0.39, 0.29) is 0 Å². The van der Waals surface area contributed by atoms with Gasteiger partial charge in [0.25, 0.3) is 0 Å². The van der Waals surface area contributed by atoms with E-state index in [1.54, 1.807) is 20.3 Å². The van der Waals surface area contributed by atoms with Crippen LogP contribution < -0.4 is 9.47 Å². The minimum atomic E-state index is 0.492. The Kier molecular flexibility index (Phi) is 6.94. The second kappa shape index (κ2) is 10.4. The number of aromatic nitrogens is 4. The van der Waals surface area contributed by atoms with Gasteiger partial charge in [-0.3, -0.25) is 9.80 Å². The largest absolute Gasteiger partial charge is 0.497 e. The Bertz CT molecular complexity index is 1270. The van der Waals surface area contributed by atoms with Crippen LogP contribution in [0.2, 0.25) is 5.02 Å². The highest BCUT2D eigenvalue weighted by atomic mass is 35.5. The van der Waals surface area contributed by atoms with Crippen LogP contribution in [0.4, 0.5) is 0 Å². The van der Waals surface area contributed by atoms with E-state index in [1.807, 2.05) is 36.4 Å². The summed E-state index contributed by atoms with van der Waals surface area (Å²) in [5, 5.41) is 8.91. The zero-order chi connectivity index (χ0) is 24.2. The van der Waals surface area contributed by atoms with E-state index >= 15 is 0 Å². The van der Waals surface area contributed by atoms with Gasteiger partial charge in [0.2, 0.25) is 23.4 Å². The maximum absolute atomic E-state index is 5.95. The summed E-state index contributed by atoms with van der Waals surface area (Å²) in [4.78, 5) is 13.7. The fourth-order valence-corrected chi connectivity index (χ4v) is 4.06. The van der Waals surface area contributed by atoms with Crippen molar-refractivity contribution in [2.24, 2.45) is 0 Å². The molecule has 1 saturated heterocycles. The maximum Gasteiger partial charge on any atom is 0.241 e. The first-order valence-corrected chi connectivity index (χ1v) is 11.6. The van der Waals surface area contributed by atoms with E-state index in [1.165, 1.54) is 0 Å². The Morgan fingerprint density at radius 2 is 1.40 bits per heavy atom. The summed E-state index contributed by atoms with van der Waals surface area (Å²) in [7, 11) is 3.22. The number of benzene rings is 2. The second-order valence-electron chi connectivity index (χ2n) is 8.15. The summed E-state index contributed by atoms with van der Waals surface area (Å²) in [6.07, 6.45) is 0. The molecule has 0 spiro atoms. The Hall–Kier alpha value is -3.47. The van der Waals surface area contributed by atoms with Gasteiger partial charge in [-0.1, -0.05) is 21.9 Å². The van der Waals surface area contributed by atoms with Gasteiger partial charge in [0, 0.05) is 42.8 Å². The zero-order valence-corrected chi connectivity index (χ0v) is 20.2. The minimum absolute atomic E-state index is 0.492. The number of ether oxygens (including phenoxy) is 2. The Morgan fingerprint density at radius 1 is 0.800 bits per heavy atom. The molecule has 0 atom stereocenters. The van der Waals surface area contributed by atoms with Gasteiger partial charge in [-0.15, -0.1) is 0 Å². The van der Waals surface area contributed by atoms with Crippen LogP contribution in [-0.4, -0.2) is 70.5 Å². The first-order chi connectivity index (χ1) is 17.1. The molecule has 0 bridgehead atoms. The number of hydrogen-bond acceptors (Lipinski definition) is 10. The van der Waals surface area contributed by atoms with E-state index in [0.29, 0.717) is 53.0 Å². The SMILES string of the molecule is COc1ccc(-c2noc(CN3CCN(Cc4nc(-c5ccc(Cl)cc5)no4)CC3)n2)c(OC)c1. The van der Waals surface area contributed by atoms with Crippen molar-refractivity contribution in [2.45, 2.75) is 13.1 Å². The van der Waals surface area contributed by atoms with Crippen LogP contribution in [0.25, 0.3) is 22.8 Å². The quantitative estimate of drug-likeness (QED) is 0.358. The molecular weight excluding hydrogens is 472 g/mol. The average molecular weight is 497 g/mol. The van der Waals surface area contributed by atoms with Crippen molar-refractivity contribution >= 4 is 11.6 Å². The third-order valence-corrected chi connectivity index (χ3v) is 6.12. The van der Waals surface area contributed by atoms with E-state index in [9.17, 15) is 0 Å². The van der Waals surface area contributed by atoms with Gasteiger partial charge in [0.15, 0.2) is 0 Å². The standard InChI is InChI=1S/C24H25ClN6O4/c1-32-18-7-8-19(20(13-18)33-2)24-27-22(35-29-24)15-31-11-9-30(10-12-31)14-21-26-23(28-34-21)16-3-5-17(25)6-4-16/h3-8,13H,9-12,14-15H2,1-2H3. The maximum atomic E-state index is 5.95. The van der Waals surface area contributed by atoms with Crippen molar-refractivity contribution in [3.63, 3.8) is 0 Å². The van der Waals surface area contributed by atoms with Gasteiger partial charge in [0.1, 0.15) is 11.5 Å². The molecule has 3 heterocycles. The van der Waals surface area contributed by atoms with Crippen molar-refractivity contribution in [1.82, 2.24) is 30.1 Å². The van der Waals surface area contributed by atoms with Crippen molar-refractivity contribution in [3.8, 4) is 34.3 Å². The number of methoxy groups -OCH3 is 2. The molecule has 0 radical (unpaired) electrons. The number of nitrogens with zero attached hydrogens (tertiary/aromatic N) is 6. The van der Waals surface area contributed by atoms with Gasteiger partial charge in [0.05, 0.1) is 32.9 Å². The van der Waals surface area contributed by atoms with Crippen LogP contribution in [0, 0.1) is 0 Å². The lowest BCUT2D eigenvalue weighted by molar-refractivity contribution is 0.103. The van der Waals surface area contributed by atoms with Crippen LogP contribution in [0.1, 0.15) is 11.8 Å². The zero-order valence-electron chi connectivity index (χ0n) is 19.5. The van der Waals surface area contributed by atoms with Gasteiger partial charge in [-0.25, -0.2) is 0 Å². The molecule has 0 saturated carbocycles. The van der Waals surface area contributed by atoms with Crippen molar-refractivity contribution in [3.05, 3.63) is 59.3 Å². The molecule has 4 aromatic rings. The lowest BCUT2D eigenvalue weighted by Gasteiger charge is -2.32. The number of hydrogen-bond donors (Lipinski definition) is 0. The number of piperazine rings is 1. The second-order valence-corrected chi connectivity index (χ2v) is 8.59. The van der Waals surface area contributed by atoms with Crippen LogP contribution in [0.5, 0.6) is 11.5 Å². The van der Waals surface area contributed by atoms with E-state index in [0.717, 1.165) is 37.3 Å². The molecule has 1 fully saturated rings. The molecule has 0 amide bonds. The molecular formula is C24H25ClN6O4. The summed E-state index contributed by atoms with van der Waals surface area (Å²) >= 11 is 5.95. The predicted octanol–water partition coefficient (Wildman–Crippen LogP) is 3.78.